The van der Waals surface area contributed by atoms with Crippen molar-refractivity contribution in [3.63, 3.8) is 0 Å². The smallest absolute Gasteiger partial charge is 0.304 e. The van der Waals surface area contributed by atoms with Crippen LogP contribution in [0.3, 0.4) is 0 Å². The van der Waals surface area contributed by atoms with Crippen molar-refractivity contribution < 1.29 is 18.7 Å². The summed E-state index contributed by atoms with van der Waals surface area (Å²) < 4.78 is 24.9. The first-order valence-corrected chi connectivity index (χ1v) is 4.80. The zero-order valence-corrected chi connectivity index (χ0v) is 8.22. The van der Waals surface area contributed by atoms with Crippen LogP contribution < -0.4 is 0 Å². The fourth-order valence-corrected chi connectivity index (χ4v) is 1.74. The van der Waals surface area contributed by atoms with Gasteiger partial charge in [0.1, 0.15) is 0 Å². The second-order valence-corrected chi connectivity index (χ2v) is 3.89. The van der Waals surface area contributed by atoms with Gasteiger partial charge in [0.25, 0.3) is 0 Å². The number of hydrogen-bond donors (Lipinski definition) is 1. The molecule has 1 unspecified atom stereocenters. The van der Waals surface area contributed by atoms with Gasteiger partial charge in [0.2, 0.25) is 6.43 Å². The highest BCUT2D eigenvalue weighted by Gasteiger charge is 2.27. The minimum absolute atomic E-state index is 0.171. The fourth-order valence-electron chi connectivity index (χ4n) is 1.06. The quantitative estimate of drug-likeness (QED) is 0.848. The molecule has 0 radical (unpaired) electrons. The highest BCUT2D eigenvalue weighted by atomic mass is 32.1. The number of thiazole rings is 1. The lowest BCUT2D eigenvalue weighted by Crippen LogP contribution is -2.14. The normalized spacial score (nSPS) is 13.1. The lowest BCUT2D eigenvalue weighted by Gasteiger charge is -2.10. The fraction of sp³-hybridized carbons (Fsp3) is 0.500. The Morgan fingerprint density at radius 3 is 2.71 bits per heavy atom. The van der Waals surface area contributed by atoms with Crippen molar-refractivity contribution in [1.29, 1.82) is 0 Å². The van der Waals surface area contributed by atoms with Crippen molar-refractivity contribution in [2.24, 2.45) is 0 Å². The molecule has 0 aromatic carbocycles. The molecule has 3 nitrogen and oxygen atoms in total. The molecule has 0 bridgehead atoms. The first-order valence-electron chi connectivity index (χ1n) is 3.92. The minimum Gasteiger partial charge on any atom is -0.481 e. The van der Waals surface area contributed by atoms with Crippen LogP contribution in [0, 0.1) is 6.92 Å². The third-order valence-corrected chi connectivity index (χ3v) is 2.51. The first-order chi connectivity index (χ1) is 6.50. The zero-order valence-electron chi connectivity index (χ0n) is 7.41. The van der Waals surface area contributed by atoms with Crippen LogP contribution in [0.2, 0.25) is 0 Å². The molecule has 0 saturated heterocycles. The van der Waals surface area contributed by atoms with Crippen molar-refractivity contribution in [2.75, 3.05) is 0 Å². The van der Waals surface area contributed by atoms with Crippen LogP contribution in [0.25, 0.3) is 0 Å². The summed E-state index contributed by atoms with van der Waals surface area (Å²) in [5.41, 5.74) is 0.171. The third kappa shape index (κ3) is 2.73. The molecule has 1 atom stereocenters. The second kappa shape index (κ2) is 4.45. The summed E-state index contributed by atoms with van der Waals surface area (Å²) in [5.74, 6) is -2.53. The average Bonchev–Trinajstić information content (AvgIpc) is 2.46. The summed E-state index contributed by atoms with van der Waals surface area (Å²) in [6.45, 7) is 1.69. The van der Waals surface area contributed by atoms with E-state index in [1.54, 1.807) is 6.92 Å². The Morgan fingerprint density at radius 1 is 1.71 bits per heavy atom. The molecule has 14 heavy (non-hydrogen) atoms. The summed E-state index contributed by atoms with van der Waals surface area (Å²) in [5, 5.41) is 10.6. The van der Waals surface area contributed by atoms with Gasteiger partial charge in [-0.05, 0) is 6.92 Å². The number of halogens is 2. The molecule has 0 aliphatic heterocycles. The molecule has 0 aliphatic carbocycles. The van der Waals surface area contributed by atoms with Crippen molar-refractivity contribution in [3.8, 4) is 0 Å². The second-order valence-electron chi connectivity index (χ2n) is 2.83. The first kappa shape index (κ1) is 11.0. The van der Waals surface area contributed by atoms with Gasteiger partial charge in [-0.2, -0.15) is 0 Å². The maximum absolute atomic E-state index is 12.5. The Balaban J connectivity index is 2.82. The number of aliphatic carboxylic acids is 1. The number of carbonyl (C=O) groups is 1. The van der Waals surface area contributed by atoms with E-state index < -0.39 is 24.7 Å². The van der Waals surface area contributed by atoms with E-state index in [1.807, 2.05) is 0 Å². The van der Waals surface area contributed by atoms with E-state index in [2.05, 4.69) is 4.98 Å². The van der Waals surface area contributed by atoms with Crippen molar-refractivity contribution in [1.82, 2.24) is 4.98 Å². The molecule has 1 rings (SSSR count). The molecule has 1 heterocycles. The molecule has 0 aliphatic rings. The lowest BCUT2D eigenvalue weighted by atomic mass is 10.0. The molecule has 0 amide bonds. The van der Waals surface area contributed by atoms with Crippen molar-refractivity contribution in [3.05, 3.63) is 16.1 Å². The largest absolute Gasteiger partial charge is 0.481 e. The van der Waals surface area contributed by atoms with Gasteiger partial charge in [0, 0.05) is 5.38 Å². The predicted molar refractivity (Wildman–Crippen MR) is 47.8 cm³/mol. The van der Waals surface area contributed by atoms with Gasteiger partial charge in [-0.15, -0.1) is 11.3 Å². The van der Waals surface area contributed by atoms with Gasteiger partial charge < -0.3 is 5.11 Å². The third-order valence-electron chi connectivity index (χ3n) is 1.72. The number of carboxylic acids is 1. The maximum Gasteiger partial charge on any atom is 0.304 e. The van der Waals surface area contributed by atoms with E-state index in [9.17, 15) is 13.6 Å². The van der Waals surface area contributed by atoms with Gasteiger partial charge in [-0.1, -0.05) is 0 Å². The van der Waals surface area contributed by atoms with Crippen molar-refractivity contribution in [2.45, 2.75) is 25.7 Å². The number of rotatable bonds is 4. The molecular formula is C8H9F2NO2S. The van der Waals surface area contributed by atoms with Gasteiger partial charge in [-0.3, -0.25) is 4.79 Å². The number of nitrogens with zero attached hydrogens (tertiary/aromatic N) is 1. The van der Waals surface area contributed by atoms with E-state index >= 15 is 0 Å². The Bertz CT molecular complexity index is 327. The number of aryl methyl sites for hydroxylation is 1. The van der Waals surface area contributed by atoms with Crippen LogP contribution in [-0.4, -0.2) is 22.5 Å². The Morgan fingerprint density at radius 2 is 2.36 bits per heavy atom. The van der Waals surface area contributed by atoms with E-state index in [1.165, 1.54) is 16.7 Å². The minimum atomic E-state index is -2.69. The van der Waals surface area contributed by atoms with Gasteiger partial charge in [-0.25, -0.2) is 13.8 Å². The number of carboxylic acid groups (broad SMARTS) is 1. The topological polar surface area (TPSA) is 50.2 Å². The van der Waals surface area contributed by atoms with Crippen LogP contribution in [-0.2, 0) is 4.79 Å². The molecular weight excluding hydrogens is 212 g/mol. The molecule has 1 N–H and O–H groups in total. The van der Waals surface area contributed by atoms with Crippen LogP contribution >= 0.6 is 11.3 Å². The summed E-state index contributed by atoms with van der Waals surface area (Å²) >= 11 is 1.24. The maximum atomic E-state index is 12.5. The molecule has 0 fully saturated rings. The van der Waals surface area contributed by atoms with Crippen LogP contribution in [0.15, 0.2) is 5.38 Å². The zero-order chi connectivity index (χ0) is 10.7. The standard InChI is InChI=1S/C8H9F2NO2S/c1-4-11-6(3-14-4)5(8(9)10)2-7(12)13/h3,5,8H,2H2,1H3,(H,12,13). The van der Waals surface area contributed by atoms with E-state index in [4.69, 9.17) is 5.11 Å². The lowest BCUT2D eigenvalue weighted by molar-refractivity contribution is -0.138. The Hall–Kier alpha value is -1.04. The average molecular weight is 221 g/mol. The van der Waals surface area contributed by atoms with Gasteiger partial charge >= 0.3 is 5.97 Å². The summed E-state index contributed by atoms with van der Waals surface area (Å²) in [6.07, 6.45) is -3.27. The molecule has 1 aromatic rings. The molecule has 78 valence electrons. The Kier molecular flexibility index (Phi) is 3.51. The SMILES string of the molecule is Cc1nc(C(CC(=O)O)C(F)F)cs1. The van der Waals surface area contributed by atoms with Crippen molar-refractivity contribution >= 4 is 17.3 Å². The summed E-state index contributed by atoms with van der Waals surface area (Å²) in [7, 11) is 0. The van der Waals surface area contributed by atoms with Crippen LogP contribution in [0.5, 0.6) is 0 Å². The van der Waals surface area contributed by atoms with E-state index in [0.29, 0.717) is 5.01 Å². The highest BCUT2D eigenvalue weighted by Crippen LogP contribution is 2.27. The van der Waals surface area contributed by atoms with Gasteiger partial charge in [0.05, 0.1) is 23.0 Å². The molecule has 6 heteroatoms. The Labute approximate surface area is 83.4 Å². The predicted octanol–water partition coefficient (Wildman–Crippen LogP) is 2.27. The summed E-state index contributed by atoms with van der Waals surface area (Å²) in [6, 6.07) is 0. The molecule has 0 saturated carbocycles. The van der Waals surface area contributed by atoms with Crippen LogP contribution in [0.4, 0.5) is 8.78 Å². The number of alkyl halides is 2. The highest BCUT2D eigenvalue weighted by molar-refractivity contribution is 7.09. The number of hydrogen-bond acceptors (Lipinski definition) is 3. The van der Waals surface area contributed by atoms with Crippen LogP contribution in [0.1, 0.15) is 23.0 Å². The molecule has 1 aromatic heterocycles. The van der Waals surface area contributed by atoms with Gasteiger partial charge in [0.15, 0.2) is 0 Å². The number of aromatic nitrogens is 1. The monoisotopic (exact) mass is 221 g/mol. The molecule has 0 spiro atoms. The van der Waals surface area contributed by atoms with E-state index in [-0.39, 0.29) is 5.69 Å². The van der Waals surface area contributed by atoms with E-state index in [0.717, 1.165) is 0 Å². The summed E-state index contributed by atoms with van der Waals surface area (Å²) in [4.78, 5) is 14.2.